The molecule has 0 aromatic heterocycles. The number of hydrogen-bond acceptors (Lipinski definition) is 4. The molecule has 0 aliphatic heterocycles. The number of hydrogen-bond donors (Lipinski definition) is 1. The topological polar surface area (TPSA) is 55.2 Å². The van der Waals surface area contributed by atoms with Gasteiger partial charge < -0.3 is 5.32 Å². The molecule has 100 valence electrons. The van der Waals surface area contributed by atoms with Crippen LogP contribution in [0.5, 0.6) is 0 Å². The van der Waals surface area contributed by atoms with Crippen molar-refractivity contribution < 1.29 is 9.31 Å². The SMILES string of the molecule is CSCCCCCNc1c(F)cccc1[N+](=O)[O-]. The van der Waals surface area contributed by atoms with E-state index in [-0.39, 0.29) is 11.4 Å². The third-order valence-corrected chi connectivity index (χ3v) is 3.21. The quantitative estimate of drug-likeness (QED) is 0.445. The molecule has 0 unspecified atom stereocenters. The maximum absolute atomic E-state index is 13.5. The second-order valence-electron chi connectivity index (χ2n) is 3.87. The van der Waals surface area contributed by atoms with Crippen molar-refractivity contribution in [2.45, 2.75) is 19.3 Å². The van der Waals surface area contributed by atoms with E-state index in [0.29, 0.717) is 6.54 Å². The number of nitro benzene ring substituents is 1. The zero-order valence-corrected chi connectivity index (χ0v) is 11.1. The smallest absolute Gasteiger partial charge is 0.295 e. The number of unbranched alkanes of at least 4 members (excludes halogenated alkanes) is 2. The van der Waals surface area contributed by atoms with Crippen molar-refractivity contribution in [2.75, 3.05) is 23.9 Å². The first kappa shape index (κ1) is 14.8. The van der Waals surface area contributed by atoms with Crippen molar-refractivity contribution in [2.24, 2.45) is 0 Å². The van der Waals surface area contributed by atoms with Crippen molar-refractivity contribution in [3.05, 3.63) is 34.1 Å². The van der Waals surface area contributed by atoms with E-state index in [1.165, 1.54) is 18.2 Å². The summed E-state index contributed by atoms with van der Waals surface area (Å²) in [6.07, 6.45) is 5.09. The molecular formula is C12H17FN2O2S. The first-order valence-corrected chi connectivity index (χ1v) is 7.22. The molecule has 0 aliphatic rings. The molecule has 0 heterocycles. The maximum Gasteiger partial charge on any atom is 0.295 e. The van der Waals surface area contributed by atoms with Crippen LogP contribution >= 0.6 is 11.8 Å². The van der Waals surface area contributed by atoms with E-state index in [2.05, 4.69) is 11.6 Å². The predicted molar refractivity (Wildman–Crippen MR) is 73.8 cm³/mol. The Labute approximate surface area is 110 Å². The van der Waals surface area contributed by atoms with Gasteiger partial charge in [0.1, 0.15) is 5.69 Å². The number of halogens is 1. The summed E-state index contributed by atoms with van der Waals surface area (Å²) < 4.78 is 13.5. The highest BCUT2D eigenvalue weighted by atomic mass is 32.2. The molecule has 1 aromatic rings. The molecular weight excluding hydrogens is 255 g/mol. The first-order chi connectivity index (χ1) is 8.66. The van der Waals surface area contributed by atoms with Gasteiger partial charge >= 0.3 is 0 Å². The molecule has 0 spiro atoms. The second-order valence-corrected chi connectivity index (χ2v) is 4.86. The summed E-state index contributed by atoms with van der Waals surface area (Å²) in [6.45, 7) is 0.552. The van der Waals surface area contributed by atoms with Crippen molar-refractivity contribution in [1.29, 1.82) is 0 Å². The summed E-state index contributed by atoms with van der Waals surface area (Å²) in [5.74, 6) is 0.535. The summed E-state index contributed by atoms with van der Waals surface area (Å²) in [5.41, 5.74) is -0.216. The van der Waals surface area contributed by atoms with Crippen LogP contribution in [0.4, 0.5) is 15.8 Å². The van der Waals surface area contributed by atoms with Gasteiger partial charge in [0.2, 0.25) is 0 Å². The maximum atomic E-state index is 13.5. The lowest BCUT2D eigenvalue weighted by atomic mass is 10.2. The normalized spacial score (nSPS) is 10.3. The predicted octanol–water partition coefficient (Wildman–Crippen LogP) is 3.68. The Kier molecular flexibility index (Phi) is 6.49. The fourth-order valence-corrected chi connectivity index (χ4v) is 2.09. The molecule has 6 heteroatoms. The number of nitrogens with zero attached hydrogens (tertiary/aromatic N) is 1. The standard InChI is InChI=1S/C12H17FN2O2S/c1-18-9-4-2-3-8-14-12-10(13)6-5-7-11(12)15(16)17/h5-7,14H,2-4,8-9H2,1H3. The van der Waals surface area contributed by atoms with Crippen LogP contribution in [0.3, 0.4) is 0 Å². The van der Waals surface area contributed by atoms with E-state index < -0.39 is 10.7 Å². The molecule has 0 saturated heterocycles. The van der Waals surface area contributed by atoms with Gasteiger partial charge in [-0.15, -0.1) is 0 Å². The average molecular weight is 272 g/mol. The van der Waals surface area contributed by atoms with Crippen molar-refractivity contribution in [3.8, 4) is 0 Å². The van der Waals surface area contributed by atoms with Gasteiger partial charge in [0, 0.05) is 12.6 Å². The van der Waals surface area contributed by atoms with E-state index in [0.717, 1.165) is 25.0 Å². The van der Waals surface area contributed by atoms with Crippen LogP contribution in [0.25, 0.3) is 0 Å². The fourth-order valence-electron chi connectivity index (χ4n) is 1.60. The number of nitro groups is 1. The monoisotopic (exact) mass is 272 g/mol. The van der Waals surface area contributed by atoms with E-state index in [1.54, 1.807) is 11.8 Å². The molecule has 1 aromatic carbocycles. The third kappa shape index (κ3) is 4.52. The molecule has 1 N–H and O–H groups in total. The number of thioether (sulfide) groups is 1. The van der Waals surface area contributed by atoms with Gasteiger partial charge in [-0.3, -0.25) is 10.1 Å². The van der Waals surface area contributed by atoms with Gasteiger partial charge in [-0.2, -0.15) is 11.8 Å². The Morgan fingerprint density at radius 2 is 2.17 bits per heavy atom. The van der Waals surface area contributed by atoms with Crippen LogP contribution in [0.2, 0.25) is 0 Å². The minimum Gasteiger partial charge on any atom is -0.377 e. The molecule has 4 nitrogen and oxygen atoms in total. The summed E-state index contributed by atoms with van der Waals surface area (Å²) in [4.78, 5) is 10.2. The molecule has 0 amide bonds. The minimum atomic E-state index is -0.576. The van der Waals surface area contributed by atoms with E-state index in [9.17, 15) is 14.5 Å². The minimum absolute atomic E-state index is 0.00707. The summed E-state index contributed by atoms with van der Waals surface area (Å²) >= 11 is 1.80. The first-order valence-electron chi connectivity index (χ1n) is 5.82. The van der Waals surface area contributed by atoms with Crippen LogP contribution in [0, 0.1) is 15.9 Å². The summed E-state index contributed by atoms with van der Waals surface area (Å²) in [5, 5.41) is 13.6. The van der Waals surface area contributed by atoms with Gasteiger partial charge in [-0.05, 0) is 30.9 Å². The van der Waals surface area contributed by atoms with Crippen LogP contribution in [-0.2, 0) is 0 Å². The highest BCUT2D eigenvalue weighted by Gasteiger charge is 2.16. The zero-order valence-electron chi connectivity index (χ0n) is 10.3. The van der Waals surface area contributed by atoms with Gasteiger partial charge in [-0.1, -0.05) is 12.5 Å². The Balaban J connectivity index is 2.48. The zero-order chi connectivity index (χ0) is 13.4. The van der Waals surface area contributed by atoms with E-state index in [4.69, 9.17) is 0 Å². The van der Waals surface area contributed by atoms with Crippen molar-refractivity contribution in [3.63, 3.8) is 0 Å². The van der Waals surface area contributed by atoms with Crippen molar-refractivity contribution >= 4 is 23.1 Å². The lowest BCUT2D eigenvalue weighted by Gasteiger charge is -2.07. The molecule has 0 radical (unpaired) electrons. The molecule has 18 heavy (non-hydrogen) atoms. The summed E-state index contributed by atoms with van der Waals surface area (Å²) in [7, 11) is 0. The number of rotatable bonds is 8. The van der Waals surface area contributed by atoms with Gasteiger partial charge in [0.05, 0.1) is 4.92 Å². The largest absolute Gasteiger partial charge is 0.377 e. The highest BCUT2D eigenvalue weighted by Crippen LogP contribution is 2.26. The molecule has 0 bridgehead atoms. The van der Waals surface area contributed by atoms with Crippen LogP contribution in [0.15, 0.2) is 18.2 Å². The lowest BCUT2D eigenvalue weighted by Crippen LogP contribution is -2.06. The molecule has 0 saturated carbocycles. The van der Waals surface area contributed by atoms with Gasteiger partial charge in [0.15, 0.2) is 5.82 Å². The Bertz CT molecular complexity index is 402. The summed E-state index contributed by atoms with van der Waals surface area (Å²) in [6, 6.07) is 3.87. The van der Waals surface area contributed by atoms with E-state index in [1.807, 2.05) is 0 Å². The molecule has 0 fully saturated rings. The average Bonchev–Trinajstić information content (AvgIpc) is 2.34. The number of benzene rings is 1. The lowest BCUT2D eigenvalue weighted by molar-refractivity contribution is -0.384. The molecule has 0 aliphatic carbocycles. The number of anilines is 1. The van der Waals surface area contributed by atoms with Crippen LogP contribution < -0.4 is 5.32 Å². The van der Waals surface area contributed by atoms with Gasteiger partial charge in [-0.25, -0.2) is 4.39 Å². The van der Waals surface area contributed by atoms with Gasteiger partial charge in [0.25, 0.3) is 5.69 Å². The Hall–Kier alpha value is -1.30. The Morgan fingerprint density at radius 1 is 1.39 bits per heavy atom. The third-order valence-electron chi connectivity index (χ3n) is 2.52. The number of nitrogens with one attached hydrogen (secondary N) is 1. The Morgan fingerprint density at radius 3 is 2.83 bits per heavy atom. The van der Waals surface area contributed by atoms with Crippen molar-refractivity contribution in [1.82, 2.24) is 0 Å². The fraction of sp³-hybridized carbons (Fsp3) is 0.500. The van der Waals surface area contributed by atoms with Crippen LogP contribution in [-0.4, -0.2) is 23.5 Å². The highest BCUT2D eigenvalue weighted by molar-refractivity contribution is 7.98. The second kappa shape index (κ2) is 7.92. The van der Waals surface area contributed by atoms with Crippen LogP contribution in [0.1, 0.15) is 19.3 Å². The number of para-hydroxylation sites is 1. The molecule has 0 atom stereocenters. The molecule has 1 rings (SSSR count). The van der Waals surface area contributed by atoms with E-state index >= 15 is 0 Å².